The van der Waals surface area contributed by atoms with Crippen LogP contribution >= 0.6 is 0 Å². The molecule has 124 valence electrons. The van der Waals surface area contributed by atoms with Crippen LogP contribution in [-0.2, 0) is 6.54 Å². The first-order valence-electron chi connectivity index (χ1n) is 8.10. The number of nitrogens with zero attached hydrogens (tertiary/aromatic N) is 7. The molecule has 1 saturated heterocycles. The Morgan fingerprint density at radius 3 is 3.00 bits per heavy atom. The zero-order valence-corrected chi connectivity index (χ0v) is 13.8. The van der Waals surface area contributed by atoms with Gasteiger partial charge >= 0.3 is 0 Å². The minimum atomic E-state index is -0.133. The number of fused-ring (bicyclic) bond motifs is 1. The Hall–Kier alpha value is -2.77. The van der Waals surface area contributed by atoms with E-state index in [1.54, 1.807) is 10.7 Å². The molecule has 0 aromatic carbocycles. The Morgan fingerprint density at radius 1 is 1.38 bits per heavy atom. The molecule has 3 aromatic rings. The van der Waals surface area contributed by atoms with Crippen LogP contribution in [0.25, 0.3) is 5.78 Å². The van der Waals surface area contributed by atoms with Gasteiger partial charge < -0.3 is 4.90 Å². The molecule has 24 heavy (non-hydrogen) atoms. The Bertz CT molecular complexity index is 897. The van der Waals surface area contributed by atoms with Crippen molar-refractivity contribution in [2.24, 2.45) is 0 Å². The van der Waals surface area contributed by atoms with E-state index >= 15 is 0 Å². The molecule has 1 amide bonds. The molecular weight excluding hydrogens is 306 g/mol. The maximum atomic E-state index is 12.9. The van der Waals surface area contributed by atoms with Crippen LogP contribution in [0.3, 0.4) is 0 Å². The fourth-order valence-electron chi connectivity index (χ4n) is 3.20. The average Bonchev–Trinajstić information content (AvgIpc) is 3.27. The largest absolute Gasteiger partial charge is 0.331 e. The van der Waals surface area contributed by atoms with Crippen molar-refractivity contribution in [2.45, 2.75) is 39.3 Å². The maximum absolute atomic E-state index is 12.9. The van der Waals surface area contributed by atoms with Crippen molar-refractivity contribution in [3.63, 3.8) is 0 Å². The van der Waals surface area contributed by atoms with Gasteiger partial charge in [0.05, 0.1) is 18.8 Å². The third kappa shape index (κ3) is 2.53. The van der Waals surface area contributed by atoms with Crippen molar-refractivity contribution in [1.82, 2.24) is 34.3 Å². The first-order chi connectivity index (χ1) is 11.6. The number of rotatable bonds is 3. The van der Waals surface area contributed by atoms with Crippen LogP contribution in [0.1, 0.15) is 34.7 Å². The molecular formula is C16H19N7O. The number of likely N-dealkylation sites (tertiary alicyclic amines) is 1. The molecule has 8 nitrogen and oxygen atoms in total. The van der Waals surface area contributed by atoms with Crippen LogP contribution in [-0.4, -0.2) is 52.8 Å². The molecule has 4 rings (SSSR count). The number of amides is 1. The van der Waals surface area contributed by atoms with Gasteiger partial charge in [0.2, 0.25) is 5.82 Å². The van der Waals surface area contributed by atoms with Gasteiger partial charge in [-0.1, -0.05) is 0 Å². The maximum Gasteiger partial charge on any atom is 0.293 e. The summed E-state index contributed by atoms with van der Waals surface area (Å²) < 4.78 is 3.50. The van der Waals surface area contributed by atoms with Crippen molar-refractivity contribution >= 4 is 11.7 Å². The Kier molecular flexibility index (Phi) is 3.51. The summed E-state index contributed by atoms with van der Waals surface area (Å²) in [6, 6.07) is 1.96. The highest BCUT2D eigenvalue weighted by Gasteiger charge is 2.32. The standard InChI is InChI=1S/C16H19N7O/c1-11-8-18-21(9-11)10-13-4-3-7-22(13)15(24)14-19-16-17-6-5-12(2)23(16)20-14/h5-6,8-9,13H,3-4,7,10H2,1-2H3. The van der Waals surface area contributed by atoms with E-state index in [1.807, 2.05) is 41.9 Å². The molecule has 1 unspecified atom stereocenters. The molecule has 0 radical (unpaired) electrons. The van der Waals surface area contributed by atoms with Gasteiger partial charge in [0.15, 0.2) is 0 Å². The highest BCUT2D eigenvalue weighted by Crippen LogP contribution is 2.21. The summed E-state index contributed by atoms with van der Waals surface area (Å²) in [7, 11) is 0. The summed E-state index contributed by atoms with van der Waals surface area (Å²) in [5, 5.41) is 8.66. The summed E-state index contributed by atoms with van der Waals surface area (Å²) in [6.07, 6.45) is 7.46. The van der Waals surface area contributed by atoms with E-state index in [9.17, 15) is 4.79 Å². The first kappa shape index (κ1) is 14.8. The van der Waals surface area contributed by atoms with Gasteiger partial charge in [0.1, 0.15) is 0 Å². The lowest BCUT2D eigenvalue weighted by Crippen LogP contribution is -2.38. The van der Waals surface area contributed by atoms with E-state index in [1.165, 1.54) is 0 Å². The van der Waals surface area contributed by atoms with Crippen molar-refractivity contribution in [2.75, 3.05) is 6.54 Å². The van der Waals surface area contributed by atoms with Crippen LogP contribution in [0.4, 0.5) is 0 Å². The SMILES string of the molecule is Cc1cnn(CC2CCCN2C(=O)c2nc3nccc(C)n3n2)c1. The molecule has 0 N–H and O–H groups in total. The second-order valence-electron chi connectivity index (χ2n) is 6.27. The van der Waals surface area contributed by atoms with Crippen LogP contribution in [0, 0.1) is 13.8 Å². The average molecular weight is 325 g/mol. The van der Waals surface area contributed by atoms with Crippen LogP contribution in [0.2, 0.25) is 0 Å². The molecule has 8 heteroatoms. The number of hydrogen-bond acceptors (Lipinski definition) is 5. The minimum absolute atomic E-state index is 0.123. The smallest absolute Gasteiger partial charge is 0.293 e. The van der Waals surface area contributed by atoms with E-state index in [4.69, 9.17) is 0 Å². The topological polar surface area (TPSA) is 81.2 Å². The molecule has 0 aliphatic carbocycles. The Morgan fingerprint density at radius 2 is 2.25 bits per heavy atom. The van der Waals surface area contributed by atoms with E-state index in [-0.39, 0.29) is 17.8 Å². The molecule has 1 atom stereocenters. The number of aromatic nitrogens is 6. The molecule has 4 heterocycles. The summed E-state index contributed by atoms with van der Waals surface area (Å²) in [4.78, 5) is 23.2. The van der Waals surface area contributed by atoms with Gasteiger partial charge in [-0.05, 0) is 38.3 Å². The van der Waals surface area contributed by atoms with E-state index in [2.05, 4.69) is 20.2 Å². The highest BCUT2D eigenvalue weighted by atomic mass is 16.2. The minimum Gasteiger partial charge on any atom is -0.331 e. The molecule has 3 aromatic heterocycles. The number of carbonyl (C=O) groups excluding carboxylic acids is 1. The summed E-state index contributed by atoms with van der Waals surface area (Å²) in [6.45, 7) is 5.35. The first-order valence-corrected chi connectivity index (χ1v) is 8.10. The van der Waals surface area contributed by atoms with Gasteiger partial charge in [-0.3, -0.25) is 9.48 Å². The van der Waals surface area contributed by atoms with Crippen LogP contribution < -0.4 is 0 Å². The fourth-order valence-corrected chi connectivity index (χ4v) is 3.20. The van der Waals surface area contributed by atoms with Gasteiger partial charge in [-0.2, -0.15) is 10.1 Å². The fraction of sp³-hybridized carbons (Fsp3) is 0.438. The Balaban J connectivity index is 1.58. The third-order valence-corrected chi connectivity index (χ3v) is 4.42. The van der Waals surface area contributed by atoms with Gasteiger partial charge in [0, 0.05) is 24.6 Å². The van der Waals surface area contributed by atoms with Gasteiger partial charge in [-0.25, -0.2) is 9.50 Å². The highest BCUT2D eigenvalue weighted by molar-refractivity contribution is 5.91. The zero-order chi connectivity index (χ0) is 16.7. The summed E-state index contributed by atoms with van der Waals surface area (Å²) in [5.74, 6) is 0.531. The second kappa shape index (κ2) is 5.70. The number of aryl methyl sites for hydroxylation is 2. The van der Waals surface area contributed by atoms with Crippen LogP contribution in [0.5, 0.6) is 0 Å². The molecule has 1 aliphatic heterocycles. The predicted molar refractivity (Wildman–Crippen MR) is 86.5 cm³/mol. The summed E-state index contributed by atoms with van der Waals surface area (Å²) in [5.41, 5.74) is 2.02. The van der Waals surface area contributed by atoms with Gasteiger partial charge in [-0.15, -0.1) is 5.10 Å². The lowest BCUT2D eigenvalue weighted by Gasteiger charge is -2.23. The van der Waals surface area contributed by atoms with Crippen molar-refractivity contribution in [1.29, 1.82) is 0 Å². The third-order valence-electron chi connectivity index (χ3n) is 4.42. The predicted octanol–water partition coefficient (Wildman–Crippen LogP) is 1.24. The lowest BCUT2D eigenvalue weighted by atomic mass is 10.2. The van der Waals surface area contributed by atoms with E-state index in [0.29, 0.717) is 12.3 Å². The van der Waals surface area contributed by atoms with Crippen LogP contribution in [0.15, 0.2) is 24.7 Å². The monoisotopic (exact) mass is 325 g/mol. The number of hydrogen-bond donors (Lipinski definition) is 0. The van der Waals surface area contributed by atoms with Crippen molar-refractivity contribution in [3.05, 3.63) is 41.7 Å². The molecule has 1 fully saturated rings. The number of carbonyl (C=O) groups is 1. The van der Waals surface area contributed by atoms with E-state index in [0.717, 1.165) is 30.6 Å². The normalized spacial score (nSPS) is 17.8. The summed E-state index contributed by atoms with van der Waals surface area (Å²) >= 11 is 0. The van der Waals surface area contributed by atoms with Gasteiger partial charge in [0.25, 0.3) is 11.7 Å². The molecule has 0 spiro atoms. The van der Waals surface area contributed by atoms with E-state index < -0.39 is 0 Å². The van der Waals surface area contributed by atoms with Crippen molar-refractivity contribution in [3.8, 4) is 0 Å². The molecule has 0 saturated carbocycles. The van der Waals surface area contributed by atoms with Crippen molar-refractivity contribution < 1.29 is 4.79 Å². The Labute approximate surface area is 139 Å². The quantitative estimate of drug-likeness (QED) is 0.724. The zero-order valence-electron chi connectivity index (χ0n) is 13.8. The second-order valence-corrected chi connectivity index (χ2v) is 6.27. The molecule has 0 bridgehead atoms. The molecule has 1 aliphatic rings. The lowest BCUT2D eigenvalue weighted by molar-refractivity contribution is 0.0709.